The second kappa shape index (κ2) is 3.10. The highest BCUT2D eigenvalue weighted by Gasteiger charge is 2.25. The lowest BCUT2D eigenvalue weighted by Crippen LogP contribution is -2.40. The molecule has 66 valence electrons. The van der Waals surface area contributed by atoms with Gasteiger partial charge in [-0.1, -0.05) is 15.9 Å². The molecule has 6 heteroatoms. The molecular weight excluding hydrogens is 234 g/mol. The highest BCUT2D eigenvalue weighted by Crippen LogP contribution is 2.15. The minimum atomic E-state index is -3.44. The Labute approximate surface area is 74.5 Å². The molecule has 1 N–H and O–H groups in total. The fourth-order valence-corrected chi connectivity index (χ4v) is 1.11. The van der Waals surface area contributed by atoms with Gasteiger partial charge in [-0.25, -0.2) is 8.42 Å². The number of carbonyl (C=O) groups is 1. The maximum atomic E-state index is 10.9. The molecule has 0 spiro atoms. The molecule has 0 fully saturated rings. The number of amides is 1. The van der Waals surface area contributed by atoms with Crippen molar-refractivity contribution in [2.45, 2.75) is 18.2 Å². The predicted octanol–water partition coefficient (Wildman–Crippen LogP) is 0.236. The zero-order valence-electron chi connectivity index (χ0n) is 6.51. The summed E-state index contributed by atoms with van der Waals surface area (Å²) in [6, 6.07) is 0. The van der Waals surface area contributed by atoms with E-state index in [9.17, 15) is 13.2 Å². The summed E-state index contributed by atoms with van der Waals surface area (Å²) in [5.41, 5.74) is 0. The molecule has 0 aliphatic heterocycles. The van der Waals surface area contributed by atoms with Gasteiger partial charge < -0.3 is 0 Å². The van der Waals surface area contributed by atoms with Gasteiger partial charge >= 0.3 is 0 Å². The SMILES string of the molecule is CC(C)(Br)C(=O)NS(C)(=O)=O. The van der Waals surface area contributed by atoms with E-state index in [2.05, 4.69) is 15.9 Å². The summed E-state index contributed by atoms with van der Waals surface area (Å²) in [5, 5.41) is 0. The van der Waals surface area contributed by atoms with Crippen LogP contribution in [0.5, 0.6) is 0 Å². The first-order valence-corrected chi connectivity index (χ1v) is 5.52. The van der Waals surface area contributed by atoms with Gasteiger partial charge in [0.2, 0.25) is 15.9 Å². The molecule has 0 saturated heterocycles. The van der Waals surface area contributed by atoms with Gasteiger partial charge in [0.1, 0.15) is 0 Å². The van der Waals surface area contributed by atoms with Crippen molar-refractivity contribution < 1.29 is 13.2 Å². The predicted molar refractivity (Wildman–Crippen MR) is 46.0 cm³/mol. The van der Waals surface area contributed by atoms with Crippen molar-refractivity contribution in [3.8, 4) is 0 Å². The zero-order valence-corrected chi connectivity index (χ0v) is 8.91. The van der Waals surface area contributed by atoms with Gasteiger partial charge in [0.25, 0.3) is 0 Å². The van der Waals surface area contributed by atoms with Crippen LogP contribution < -0.4 is 4.72 Å². The molecule has 0 aliphatic rings. The first-order chi connectivity index (χ1) is 4.63. The molecule has 4 nitrogen and oxygen atoms in total. The molecule has 11 heavy (non-hydrogen) atoms. The molecule has 0 aliphatic carbocycles. The number of sulfonamides is 1. The molecule has 0 saturated carbocycles. The number of nitrogens with one attached hydrogen (secondary N) is 1. The van der Waals surface area contributed by atoms with E-state index < -0.39 is 20.3 Å². The fraction of sp³-hybridized carbons (Fsp3) is 0.800. The number of hydrogen-bond acceptors (Lipinski definition) is 3. The molecule has 0 atom stereocenters. The monoisotopic (exact) mass is 243 g/mol. The molecule has 0 unspecified atom stereocenters. The van der Waals surface area contributed by atoms with E-state index in [1.54, 1.807) is 13.8 Å². The Bertz CT molecular complexity index is 251. The summed E-state index contributed by atoms with van der Waals surface area (Å²) in [4.78, 5) is 10.9. The van der Waals surface area contributed by atoms with Crippen molar-refractivity contribution >= 4 is 31.9 Å². The van der Waals surface area contributed by atoms with Crippen LogP contribution in [0, 0.1) is 0 Å². The van der Waals surface area contributed by atoms with Gasteiger partial charge in [-0.2, -0.15) is 0 Å². The summed E-state index contributed by atoms with van der Waals surface area (Å²) in [6.45, 7) is 3.13. The van der Waals surface area contributed by atoms with E-state index in [0.29, 0.717) is 0 Å². The minimum absolute atomic E-state index is 0.569. The smallest absolute Gasteiger partial charge is 0.249 e. The minimum Gasteiger partial charge on any atom is -0.272 e. The Hall–Kier alpha value is -0.100. The topological polar surface area (TPSA) is 63.2 Å². The largest absolute Gasteiger partial charge is 0.272 e. The number of halogens is 1. The molecule has 0 aromatic carbocycles. The van der Waals surface area contributed by atoms with E-state index in [-0.39, 0.29) is 0 Å². The Morgan fingerprint density at radius 3 is 1.91 bits per heavy atom. The normalized spacial score (nSPS) is 12.7. The second-order valence-electron chi connectivity index (χ2n) is 2.68. The van der Waals surface area contributed by atoms with Crippen molar-refractivity contribution in [3.63, 3.8) is 0 Å². The molecule has 0 bridgehead atoms. The van der Waals surface area contributed by atoms with Crippen molar-refractivity contribution in [2.75, 3.05) is 6.26 Å². The standard InChI is InChI=1S/C5H10BrNO3S/c1-5(2,6)4(8)7-11(3,9)10/h1-3H3,(H,7,8). The van der Waals surface area contributed by atoms with Crippen molar-refractivity contribution in [1.82, 2.24) is 4.72 Å². The molecule has 0 aromatic heterocycles. The molecule has 1 amide bonds. The van der Waals surface area contributed by atoms with E-state index >= 15 is 0 Å². The lowest BCUT2D eigenvalue weighted by atomic mass is 10.2. The zero-order chi connectivity index (χ0) is 9.28. The highest BCUT2D eigenvalue weighted by molar-refractivity contribution is 9.10. The van der Waals surface area contributed by atoms with Crippen LogP contribution in [-0.2, 0) is 14.8 Å². The number of hydrogen-bond donors (Lipinski definition) is 1. The van der Waals surface area contributed by atoms with E-state index in [1.165, 1.54) is 0 Å². The first kappa shape index (κ1) is 10.9. The van der Waals surface area contributed by atoms with Crippen LogP contribution >= 0.6 is 15.9 Å². The van der Waals surface area contributed by atoms with Crippen LogP contribution in [0.15, 0.2) is 0 Å². The molecule has 0 heterocycles. The van der Waals surface area contributed by atoms with Crippen LogP contribution in [0.1, 0.15) is 13.8 Å². The third kappa shape index (κ3) is 5.20. The van der Waals surface area contributed by atoms with Crippen molar-refractivity contribution in [3.05, 3.63) is 0 Å². The van der Waals surface area contributed by atoms with E-state index in [0.717, 1.165) is 6.26 Å². The first-order valence-electron chi connectivity index (χ1n) is 2.84. The van der Waals surface area contributed by atoms with E-state index in [1.807, 2.05) is 4.72 Å². The van der Waals surface area contributed by atoms with Crippen molar-refractivity contribution in [2.24, 2.45) is 0 Å². The van der Waals surface area contributed by atoms with Gasteiger partial charge in [-0.3, -0.25) is 9.52 Å². The average Bonchev–Trinajstić information content (AvgIpc) is 1.56. The molecule has 0 rings (SSSR count). The van der Waals surface area contributed by atoms with Gasteiger partial charge in [0.05, 0.1) is 10.6 Å². The maximum absolute atomic E-state index is 10.9. The fourth-order valence-electron chi connectivity index (χ4n) is 0.290. The molecular formula is C5H10BrNO3S. The summed E-state index contributed by atoms with van der Waals surface area (Å²) < 4.78 is 22.1. The highest BCUT2D eigenvalue weighted by atomic mass is 79.9. The van der Waals surface area contributed by atoms with Gasteiger partial charge in [-0.15, -0.1) is 0 Å². The van der Waals surface area contributed by atoms with E-state index in [4.69, 9.17) is 0 Å². The van der Waals surface area contributed by atoms with Crippen LogP contribution in [-0.4, -0.2) is 24.9 Å². The summed E-state index contributed by atoms with van der Waals surface area (Å²) in [5.74, 6) is -0.569. The summed E-state index contributed by atoms with van der Waals surface area (Å²) in [6.07, 6.45) is 0.934. The quantitative estimate of drug-likeness (QED) is 0.707. The Balaban J connectivity index is 4.35. The van der Waals surface area contributed by atoms with Crippen LogP contribution in [0.2, 0.25) is 0 Å². The van der Waals surface area contributed by atoms with Crippen LogP contribution in [0.4, 0.5) is 0 Å². The Morgan fingerprint density at radius 2 is 1.82 bits per heavy atom. The summed E-state index contributed by atoms with van der Waals surface area (Å²) >= 11 is 3.02. The Kier molecular flexibility index (Phi) is 3.07. The van der Waals surface area contributed by atoms with Crippen molar-refractivity contribution in [1.29, 1.82) is 0 Å². The summed E-state index contributed by atoms with van der Waals surface area (Å²) in [7, 11) is -3.44. The number of alkyl halides is 1. The Morgan fingerprint density at radius 1 is 1.45 bits per heavy atom. The number of carbonyl (C=O) groups excluding carboxylic acids is 1. The lowest BCUT2D eigenvalue weighted by molar-refractivity contribution is -0.120. The average molecular weight is 244 g/mol. The third-order valence-electron chi connectivity index (χ3n) is 0.818. The van der Waals surface area contributed by atoms with Gasteiger partial charge in [-0.05, 0) is 13.8 Å². The molecule has 0 radical (unpaired) electrons. The number of rotatable bonds is 2. The van der Waals surface area contributed by atoms with Gasteiger partial charge in [0.15, 0.2) is 0 Å². The molecule has 0 aromatic rings. The third-order valence-corrected chi connectivity index (χ3v) is 1.73. The maximum Gasteiger partial charge on any atom is 0.249 e. The van der Waals surface area contributed by atoms with Gasteiger partial charge in [0, 0.05) is 0 Å². The van der Waals surface area contributed by atoms with Crippen LogP contribution in [0.25, 0.3) is 0 Å². The second-order valence-corrected chi connectivity index (χ2v) is 6.41. The van der Waals surface area contributed by atoms with Crippen LogP contribution in [0.3, 0.4) is 0 Å². The lowest BCUT2D eigenvalue weighted by Gasteiger charge is -2.13.